The molecule has 3 rings (SSSR count). The number of carbonyl (C=O) groups excluding carboxylic acids is 2. The highest BCUT2D eigenvalue weighted by Crippen LogP contribution is 2.14. The molecule has 1 fully saturated rings. The van der Waals surface area contributed by atoms with Gasteiger partial charge in [-0.15, -0.1) is 0 Å². The first-order chi connectivity index (χ1) is 12.6. The number of benzene rings is 1. The van der Waals surface area contributed by atoms with Crippen LogP contribution in [-0.2, 0) is 4.79 Å². The lowest BCUT2D eigenvalue weighted by atomic mass is 10.0. The molecule has 1 aliphatic heterocycles. The number of para-hydroxylation sites is 1. The van der Waals surface area contributed by atoms with Crippen molar-refractivity contribution < 1.29 is 14.0 Å². The van der Waals surface area contributed by atoms with Crippen molar-refractivity contribution >= 4 is 17.5 Å². The first kappa shape index (κ1) is 18.2. The molecule has 6 heteroatoms. The number of aryl methyl sites for hydroxylation is 1. The van der Waals surface area contributed by atoms with E-state index < -0.39 is 0 Å². The lowest BCUT2D eigenvalue weighted by Gasteiger charge is -2.32. The van der Waals surface area contributed by atoms with Gasteiger partial charge in [-0.3, -0.25) is 9.59 Å². The van der Waals surface area contributed by atoms with Crippen LogP contribution in [0.3, 0.4) is 0 Å². The normalized spacial score (nSPS) is 15.6. The molecule has 1 aromatic heterocycles. The van der Waals surface area contributed by atoms with Crippen LogP contribution in [0.4, 0.5) is 5.69 Å². The second-order valence-electron chi connectivity index (χ2n) is 6.69. The van der Waals surface area contributed by atoms with Crippen molar-refractivity contribution in [3.05, 3.63) is 54.0 Å². The second kappa shape index (κ2) is 8.67. The average Bonchev–Trinajstić information content (AvgIpc) is 3.08. The number of hydrogen-bond donors (Lipinski definition) is 2. The van der Waals surface area contributed by atoms with Crippen LogP contribution in [0.2, 0.25) is 0 Å². The van der Waals surface area contributed by atoms with Crippen LogP contribution in [0, 0.1) is 6.92 Å². The molecule has 26 heavy (non-hydrogen) atoms. The predicted octanol–water partition coefficient (Wildman–Crippen LogP) is 2.81. The van der Waals surface area contributed by atoms with E-state index in [0.717, 1.165) is 43.7 Å². The van der Waals surface area contributed by atoms with Crippen LogP contribution in [0.1, 0.15) is 35.4 Å². The Morgan fingerprint density at radius 3 is 2.54 bits per heavy atom. The average molecular weight is 355 g/mol. The number of carbonyl (C=O) groups is 2. The Balaban J connectivity index is 1.37. The smallest absolute Gasteiger partial charge is 0.287 e. The highest BCUT2D eigenvalue weighted by Gasteiger charge is 2.23. The highest BCUT2D eigenvalue weighted by molar-refractivity contribution is 5.93. The van der Waals surface area contributed by atoms with Crippen molar-refractivity contribution in [2.45, 2.75) is 32.2 Å². The number of furan rings is 1. The minimum Gasteiger partial charge on any atom is -0.459 e. The first-order valence-electron chi connectivity index (χ1n) is 9.04. The van der Waals surface area contributed by atoms with Gasteiger partial charge in [0.2, 0.25) is 5.91 Å². The molecule has 0 bridgehead atoms. The van der Waals surface area contributed by atoms with Crippen LogP contribution >= 0.6 is 0 Å². The molecule has 1 aromatic carbocycles. The monoisotopic (exact) mass is 355 g/mol. The minimum absolute atomic E-state index is 0.0277. The van der Waals surface area contributed by atoms with Crippen LogP contribution in [0.15, 0.2) is 47.1 Å². The fraction of sp³-hybridized carbons (Fsp3) is 0.400. The molecule has 1 aliphatic rings. The number of amides is 2. The molecule has 0 radical (unpaired) electrons. The zero-order valence-corrected chi connectivity index (χ0v) is 15.0. The summed E-state index contributed by atoms with van der Waals surface area (Å²) in [4.78, 5) is 26.5. The summed E-state index contributed by atoms with van der Waals surface area (Å²) >= 11 is 0. The Hall–Kier alpha value is -2.60. The van der Waals surface area contributed by atoms with Crippen molar-refractivity contribution in [3.8, 4) is 0 Å². The van der Waals surface area contributed by atoms with Gasteiger partial charge in [0, 0.05) is 43.3 Å². The fourth-order valence-corrected chi connectivity index (χ4v) is 3.16. The molecule has 2 heterocycles. The zero-order chi connectivity index (χ0) is 18.4. The first-order valence-corrected chi connectivity index (χ1v) is 9.04. The molecular formula is C20H25N3O3. The molecule has 0 atom stereocenters. The van der Waals surface area contributed by atoms with E-state index in [-0.39, 0.29) is 17.9 Å². The van der Waals surface area contributed by atoms with Crippen molar-refractivity contribution in [1.82, 2.24) is 10.2 Å². The van der Waals surface area contributed by atoms with E-state index >= 15 is 0 Å². The Kier molecular flexibility index (Phi) is 6.07. The van der Waals surface area contributed by atoms with Gasteiger partial charge in [0.25, 0.3) is 5.91 Å². The van der Waals surface area contributed by atoms with E-state index in [4.69, 9.17) is 4.42 Å². The molecule has 2 N–H and O–H groups in total. The molecule has 2 aromatic rings. The Morgan fingerprint density at radius 2 is 1.88 bits per heavy atom. The number of nitrogens with zero attached hydrogens (tertiary/aromatic N) is 1. The van der Waals surface area contributed by atoms with E-state index in [1.54, 1.807) is 6.07 Å². The SMILES string of the molecule is Cc1ccoc1C(=O)NC1CCN(CCC(=O)Nc2ccccc2)CC1. The summed E-state index contributed by atoms with van der Waals surface area (Å²) in [6.07, 6.45) is 3.77. The van der Waals surface area contributed by atoms with Crippen LogP contribution in [0.5, 0.6) is 0 Å². The Labute approximate surface area is 153 Å². The van der Waals surface area contributed by atoms with E-state index in [9.17, 15) is 9.59 Å². The van der Waals surface area contributed by atoms with Crippen molar-refractivity contribution in [3.63, 3.8) is 0 Å². The van der Waals surface area contributed by atoms with E-state index in [2.05, 4.69) is 15.5 Å². The number of piperidine rings is 1. The maximum absolute atomic E-state index is 12.2. The molecular weight excluding hydrogens is 330 g/mol. The minimum atomic E-state index is -0.145. The summed E-state index contributed by atoms with van der Waals surface area (Å²) in [7, 11) is 0. The third-order valence-electron chi connectivity index (χ3n) is 4.70. The third kappa shape index (κ3) is 4.95. The van der Waals surface area contributed by atoms with Gasteiger partial charge in [-0.1, -0.05) is 18.2 Å². The second-order valence-corrected chi connectivity index (χ2v) is 6.69. The number of rotatable bonds is 6. The quantitative estimate of drug-likeness (QED) is 0.836. The van der Waals surface area contributed by atoms with Gasteiger partial charge in [0.1, 0.15) is 0 Å². The maximum atomic E-state index is 12.2. The third-order valence-corrected chi connectivity index (χ3v) is 4.70. The van der Waals surface area contributed by atoms with Crippen LogP contribution in [-0.4, -0.2) is 42.4 Å². The molecule has 0 aliphatic carbocycles. The van der Waals surface area contributed by atoms with Gasteiger partial charge in [0.05, 0.1) is 6.26 Å². The lowest BCUT2D eigenvalue weighted by Crippen LogP contribution is -2.45. The molecule has 0 unspecified atom stereocenters. The number of hydrogen-bond acceptors (Lipinski definition) is 4. The van der Waals surface area contributed by atoms with E-state index in [0.29, 0.717) is 12.2 Å². The van der Waals surface area contributed by atoms with Gasteiger partial charge in [-0.05, 0) is 38.0 Å². The predicted molar refractivity (Wildman–Crippen MR) is 100 cm³/mol. The van der Waals surface area contributed by atoms with Gasteiger partial charge in [-0.2, -0.15) is 0 Å². The van der Waals surface area contributed by atoms with Crippen LogP contribution in [0.25, 0.3) is 0 Å². The summed E-state index contributed by atoms with van der Waals surface area (Å²) < 4.78 is 5.24. The van der Waals surface area contributed by atoms with E-state index in [1.807, 2.05) is 37.3 Å². The zero-order valence-electron chi connectivity index (χ0n) is 15.0. The van der Waals surface area contributed by atoms with Gasteiger partial charge in [0.15, 0.2) is 5.76 Å². The number of likely N-dealkylation sites (tertiary alicyclic amines) is 1. The van der Waals surface area contributed by atoms with Crippen molar-refractivity contribution in [2.24, 2.45) is 0 Å². The molecule has 0 saturated carbocycles. The number of anilines is 1. The standard InChI is InChI=1S/C20H25N3O3/c1-15-10-14-26-19(15)20(25)22-17-7-11-23(12-8-17)13-9-18(24)21-16-5-3-2-4-6-16/h2-6,10,14,17H,7-9,11-13H2,1H3,(H,21,24)(H,22,25). The molecule has 6 nitrogen and oxygen atoms in total. The Bertz CT molecular complexity index is 734. The summed E-state index contributed by atoms with van der Waals surface area (Å²) in [5, 5.41) is 5.95. The summed E-state index contributed by atoms with van der Waals surface area (Å²) in [6.45, 7) is 4.35. The van der Waals surface area contributed by atoms with E-state index in [1.165, 1.54) is 6.26 Å². The van der Waals surface area contributed by atoms with Gasteiger partial charge < -0.3 is 20.0 Å². The number of nitrogens with one attached hydrogen (secondary N) is 2. The maximum Gasteiger partial charge on any atom is 0.287 e. The fourth-order valence-electron chi connectivity index (χ4n) is 3.16. The highest BCUT2D eigenvalue weighted by atomic mass is 16.3. The molecule has 0 spiro atoms. The summed E-state index contributed by atoms with van der Waals surface area (Å²) in [5.74, 6) is 0.276. The van der Waals surface area contributed by atoms with Crippen molar-refractivity contribution in [1.29, 1.82) is 0 Å². The van der Waals surface area contributed by atoms with Crippen LogP contribution < -0.4 is 10.6 Å². The lowest BCUT2D eigenvalue weighted by molar-refractivity contribution is -0.116. The van der Waals surface area contributed by atoms with Gasteiger partial charge >= 0.3 is 0 Å². The molecule has 138 valence electrons. The summed E-state index contributed by atoms with van der Waals surface area (Å²) in [6, 6.07) is 11.4. The Morgan fingerprint density at radius 1 is 1.15 bits per heavy atom. The summed E-state index contributed by atoms with van der Waals surface area (Å²) in [5.41, 5.74) is 1.68. The van der Waals surface area contributed by atoms with Gasteiger partial charge in [-0.25, -0.2) is 0 Å². The molecule has 1 saturated heterocycles. The van der Waals surface area contributed by atoms with Crippen molar-refractivity contribution in [2.75, 3.05) is 25.0 Å². The topological polar surface area (TPSA) is 74.6 Å². The largest absolute Gasteiger partial charge is 0.459 e. The molecule has 2 amide bonds.